The van der Waals surface area contributed by atoms with E-state index in [1.807, 2.05) is 26.2 Å². The van der Waals surface area contributed by atoms with Gasteiger partial charge >= 0.3 is 0 Å². The average Bonchev–Trinajstić information content (AvgIpc) is 3.12. The molecule has 0 aliphatic carbocycles. The van der Waals surface area contributed by atoms with Crippen LogP contribution in [-0.2, 0) is 17.7 Å². The zero-order chi connectivity index (χ0) is 19.6. The molecule has 1 aliphatic rings. The Kier molecular flexibility index (Phi) is 5.07. The quantitative estimate of drug-likeness (QED) is 0.657. The van der Waals surface area contributed by atoms with Gasteiger partial charge in [-0.2, -0.15) is 0 Å². The monoisotopic (exact) mass is 379 g/mol. The maximum Gasteiger partial charge on any atom is 0.167 e. The van der Waals surface area contributed by atoms with Crippen molar-refractivity contribution in [2.75, 3.05) is 32.2 Å². The number of hydrogen-bond acceptors (Lipinski definition) is 6. The number of aromatic hydroxyl groups is 1. The summed E-state index contributed by atoms with van der Waals surface area (Å²) in [6.07, 6.45) is 0.727. The highest BCUT2D eigenvalue weighted by Crippen LogP contribution is 2.27. The maximum atomic E-state index is 9.65. The van der Waals surface area contributed by atoms with E-state index >= 15 is 0 Å². The second-order valence-electron chi connectivity index (χ2n) is 7.60. The molecule has 146 valence electrons. The molecule has 2 N–H and O–H groups in total. The van der Waals surface area contributed by atoms with Crippen LogP contribution in [0.25, 0.3) is 11.3 Å². The number of phenolic OH excluding ortho intramolecular Hbond substituents is 1. The minimum atomic E-state index is -0.132. The topological polar surface area (TPSA) is 70.8 Å². The maximum absolute atomic E-state index is 9.65. The largest absolute Gasteiger partial charge is 0.508 e. The van der Waals surface area contributed by atoms with Crippen LogP contribution in [0.15, 0.2) is 59.1 Å². The molecular weight excluding hydrogens is 354 g/mol. The summed E-state index contributed by atoms with van der Waals surface area (Å²) in [6, 6.07) is 17.5. The van der Waals surface area contributed by atoms with Crippen molar-refractivity contribution in [1.29, 1.82) is 0 Å². The molecule has 0 bridgehead atoms. The Bertz CT molecular complexity index is 930. The van der Waals surface area contributed by atoms with Crippen LogP contribution in [-0.4, -0.2) is 43.1 Å². The van der Waals surface area contributed by atoms with Crippen LogP contribution >= 0.6 is 0 Å². The van der Waals surface area contributed by atoms with Crippen LogP contribution in [0.1, 0.15) is 11.3 Å². The molecule has 1 aromatic heterocycles. The van der Waals surface area contributed by atoms with Gasteiger partial charge in [-0.15, -0.1) is 0 Å². The van der Waals surface area contributed by atoms with E-state index in [4.69, 9.17) is 9.26 Å². The molecule has 2 aromatic carbocycles. The zero-order valence-electron chi connectivity index (χ0n) is 16.2. The van der Waals surface area contributed by atoms with E-state index in [1.54, 1.807) is 18.2 Å². The first-order chi connectivity index (χ1) is 13.5. The number of aromatic nitrogens is 1. The Labute approximate surface area is 164 Å². The number of rotatable bonds is 7. The third kappa shape index (κ3) is 4.03. The molecule has 0 amide bonds. The zero-order valence-corrected chi connectivity index (χ0v) is 16.2. The lowest BCUT2D eigenvalue weighted by atomic mass is 9.90. The fourth-order valence-electron chi connectivity index (χ4n) is 3.35. The summed E-state index contributed by atoms with van der Waals surface area (Å²) in [5.74, 6) is 0.863. The van der Waals surface area contributed by atoms with Crippen LogP contribution < -0.4 is 10.2 Å². The lowest BCUT2D eigenvalue weighted by molar-refractivity contribution is -0.0755. The molecule has 6 heteroatoms. The molecule has 0 spiro atoms. The lowest BCUT2D eigenvalue weighted by Crippen LogP contribution is -2.61. The Morgan fingerprint density at radius 2 is 1.89 bits per heavy atom. The Morgan fingerprint density at radius 3 is 2.54 bits per heavy atom. The van der Waals surface area contributed by atoms with Gasteiger partial charge in [0.25, 0.3) is 0 Å². The SMILES string of the molecule is CN(C)c1ccc(CNC2(Cc3cc(-c4cccc(O)c4)on3)COC2)cc1. The minimum Gasteiger partial charge on any atom is -0.508 e. The van der Waals surface area contributed by atoms with E-state index in [1.165, 1.54) is 11.3 Å². The molecule has 1 aliphatic heterocycles. The van der Waals surface area contributed by atoms with E-state index in [9.17, 15) is 5.11 Å². The van der Waals surface area contributed by atoms with Crippen molar-refractivity contribution in [2.24, 2.45) is 0 Å². The van der Waals surface area contributed by atoms with Crippen molar-refractivity contribution < 1.29 is 14.4 Å². The lowest BCUT2D eigenvalue weighted by Gasteiger charge is -2.42. The number of anilines is 1. The van der Waals surface area contributed by atoms with Crippen LogP contribution in [0, 0.1) is 0 Å². The molecule has 1 saturated heterocycles. The first-order valence-electron chi connectivity index (χ1n) is 9.37. The summed E-state index contributed by atoms with van der Waals surface area (Å²) in [4.78, 5) is 2.09. The fraction of sp³-hybridized carbons (Fsp3) is 0.318. The molecule has 0 radical (unpaired) electrons. The Morgan fingerprint density at radius 1 is 1.11 bits per heavy atom. The number of nitrogens with one attached hydrogen (secondary N) is 1. The molecule has 4 rings (SSSR count). The molecule has 1 fully saturated rings. The average molecular weight is 379 g/mol. The van der Waals surface area contributed by atoms with Crippen molar-refractivity contribution in [3.05, 3.63) is 65.9 Å². The van der Waals surface area contributed by atoms with Crippen molar-refractivity contribution in [3.63, 3.8) is 0 Å². The molecule has 28 heavy (non-hydrogen) atoms. The summed E-state index contributed by atoms with van der Waals surface area (Å²) in [7, 11) is 4.08. The molecule has 0 unspecified atom stereocenters. The van der Waals surface area contributed by atoms with Gasteiger partial charge in [-0.3, -0.25) is 0 Å². The number of phenols is 1. The van der Waals surface area contributed by atoms with Gasteiger partial charge in [0, 0.05) is 44.4 Å². The van der Waals surface area contributed by atoms with E-state index in [-0.39, 0.29) is 11.3 Å². The van der Waals surface area contributed by atoms with Gasteiger partial charge < -0.3 is 24.6 Å². The highest BCUT2D eigenvalue weighted by Gasteiger charge is 2.39. The summed E-state index contributed by atoms with van der Waals surface area (Å²) < 4.78 is 11.0. The number of nitrogens with zero attached hydrogens (tertiary/aromatic N) is 2. The van der Waals surface area contributed by atoms with Crippen LogP contribution in [0.5, 0.6) is 5.75 Å². The highest BCUT2D eigenvalue weighted by molar-refractivity contribution is 5.59. The van der Waals surface area contributed by atoms with Gasteiger partial charge in [0.2, 0.25) is 0 Å². The molecule has 2 heterocycles. The molecule has 6 nitrogen and oxygen atoms in total. The summed E-state index contributed by atoms with van der Waals surface area (Å²) in [5.41, 5.74) is 3.97. The van der Waals surface area contributed by atoms with Gasteiger partial charge in [0.05, 0.1) is 24.4 Å². The fourth-order valence-corrected chi connectivity index (χ4v) is 3.35. The van der Waals surface area contributed by atoms with Gasteiger partial charge in [-0.05, 0) is 29.8 Å². The summed E-state index contributed by atoms with van der Waals surface area (Å²) >= 11 is 0. The van der Waals surface area contributed by atoms with Crippen LogP contribution in [0.4, 0.5) is 5.69 Å². The number of ether oxygens (including phenoxy) is 1. The smallest absolute Gasteiger partial charge is 0.167 e. The third-order valence-electron chi connectivity index (χ3n) is 5.09. The Balaban J connectivity index is 1.41. The molecule has 0 saturated carbocycles. The first kappa shape index (κ1) is 18.5. The molecule has 3 aromatic rings. The molecule has 0 atom stereocenters. The van der Waals surface area contributed by atoms with Crippen molar-refractivity contribution in [2.45, 2.75) is 18.5 Å². The van der Waals surface area contributed by atoms with Gasteiger partial charge in [0.1, 0.15) is 5.75 Å². The van der Waals surface area contributed by atoms with Crippen molar-refractivity contribution in [3.8, 4) is 17.1 Å². The minimum absolute atomic E-state index is 0.132. The first-order valence-corrected chi connectivity index (χ1v) is 9.37. The second-order valence-corrected chi connectivity index (χ2v) is 7.60. The van der Waals surface area contributed by atoms with E-state index in [2.05, 4.69) is 39.6 Å². The second kappa shape index (κ2) is 7.66. The van der Waals surface area contributed by atoms with E-state index in [0.717, 1.165) is 24.2 Å². The predicted octanol–water partition coefficient (Wildman–Crippen LogP) is 3.21. The van der Waals surface area contributed by atoms with E-state index < -0.39 is 0 Å². The van der Waals surface area contributed by atoms with Gasteiger partial charge in [0.15, 0.2) is 5.76 Å². The summed E-state index contributed by atoms with van der Waals surface area (Å²) in [5, 5.41) is 17.5. The van der Waals surface area contributed by atoms with Crippen LogP contribution in [0.3, 0.4) is 0 Å². The predicted molar refractivity (Wildman–Crippen MR) is 108 cm³/mol. The molecular formula is C22H25N3O3. The normalized spacial score (nSPS) is 15.2. The van der Waals surface area contributed by atoms with Gasteiger partial charge in [-0.1, -0.05) is 29.4 Å². The Hall–Kier alpha value is -2.83. The van der Waals surface area contributed by atoms with Gasteiger partial charge in [-0.25, -0.2) is 0 Å². The third-order valence-corrected chi connectivity index (χ3v) is 5.09. The van der Waals surface area contributed by atoms with E-state index in [0.29, 0.717) is 19.0 Å². The standard InChI is InChI=1S/C22H25N3O3/c1-25(2)19-8-6-16(7-9-19)13-23-22(14-27-15-22)12-18-11-21(28-24-18)17-4-3-5-20(26)10-17/h3-11,23,26H,12-15H2,1-2H3. The summed E-state index contributed by atoms with van der Waals surface area (Å²) in [6.45, 7) is 2.07. The highest BCUT2D eigenvalue weighted by atomic mass is 16.5. The number of benzene rings is 2. The number of hydrogen-bond donors (Lipinski definition) is 2. The van der Waals surface area contributed by atoms with Crippen LogP contribution in [0.2, 0.25) is 0 Å². The van der Waals surface area contributed by atoms with Crippen molar-refractivity contribution >= 4 is 5.69 Å². The van der Waals surface area contributed by atoms with Crippen molar-refractivity contribution in [1.82, 2.24) is 10.5 Å².